The van der Waals surface area contributed by atoms with Gasteiger partial charge < -0.3 is 20.7 Å². The number of ether oxygens (including phenoxy) is 1. The van der Waals surface area contributed by atoms with E-state index >= 15 is 0 Å². The highest BCUT2D eigenvalue weighted by atomic mass is 16.6. The molecule has 0 spiro atoms. The second-order valence-electron chi connectivity index (χ2n) is 7.48. The Hall–Kier alpha value is -1.30. The number of rotatable bonds is 7. The highest BCUT2D eigenvalue weighted by Gasteiger charge is 2.31. The van der Waals surface area contributed by atoms with E-state index < -0.39 is 5.60 Å². The van der Waals surface area contributed by atoms with Crippen molar-refractivity contribution in [2.24, 2.45) is 5.73 Å². The Morgan fingerprint density at radius 1 is 1.35 bits per heavy atom. The number of carbonyl (C=O) groups is 2. The molecule has 0 aromatic rings. The van der Waals surface area contributed by atoms with Crippen LogP contribution in [0.3, 0.4) is 0 Å². The van der Waals surface area contributed by atoms with Gasteiger partial charge in [-0.05, 0) is 66.3 Å². The number of hydrogen-bond acceptors (Lipinski definition) is 4. The molecule has 134 valence electrons. The highest BCUT2D eigenvalue weighted by Crippen LogP contribution is 2.23. The molecule has 1 saturated heterocycles. The van der Waals surface area contributed by atoms with Gasteiger partial charge in [-0.15, -0.1) is 0 Å². The van der Waals surface area contributed by atoms with Crippen LogP contribution in [-0.4, -0.2) is 47.7 Å². The number of carbonyl (C=O) groups excluding carboxylic acids is 2. The predicted octanol–water partition coefficient (Wildman–Crippen LogP) is 2.41. The lowest BCUT2D eigenvalue weighted by Crippen LogP contribution is -2.48. The minimum absolute atomic E-state index is 0.205. The highest BCUT2D eigenvalue weighted by molar-refractivity contribution is 5.73. The van der Waals surface area contributed by atoms with Crippen molar-refractivity contribution in [2.75, 3.05) is 13.1 Å². The Morgan fingerprint density at radius 2 is 2.04 bits per heavy atom. The number of nitrogens with two attached hydrogens (primary N) is 1. The van der Waals surface area contributed by atoms with E-state index in [1.807, 2.05) is 25.7 Å². The van der Waals surface area contributed by atoms with Crippen molar-refractivity contribution >= 4 is 12.0 Å². The van der Waals surface area contributed by atoms with Crippen molar-refractivity contribution in [3.8, 4) is 0 Å². The molecule has 2 atom stereocenters. The van der Waals surface area contributed by atoms with Crippen LogP contribution in [0.25, 0.3) is 0 Å². The number of primary amides is 1. The summed E-state index contributed by atoms with van der Waals surface area (Å²) >= 11 is 0. The maximum atomic E-state index is 12.4. The van der Waals surface area contributed by atoms with Crippen molar-refractivity contribution in [3.63, 3.8) is 0 Å². The molecule has 6 nitrogen and oxygen atoms in total. The lowest BCUT2D eigenvalue weighted by Gasteiger charge is -2.38. The molecule has 3 N–H and O–H groups in total. The first kappa shape index (κ1) is 19.7. The zero-order valence-corrected chi connectivity index (χ0v) is 15.1. The van der Waals surface area contributed by atoms with Crippen molar-refractivity contribution in [2.45, 2.75) is 83.9 Å². The first-order chi connectivity index (χ1) is 10.7. The number of nitrogens with zero attached hydrogens (tertiary/aromatic N) is 1. The molecular formula is C17H33N3O3. The summed E-state index contributed by atoms with van der Waals surface area (Å²) in [6, 6.07) is 0.508. The first-order valence-corrected chi connectivity index (χ1v) is 8.70. The molecule has 23 heavy (non-hydrogen) atoms. The van der Waals surface area contributed by atoms with Crippen LogP contribution in [0.1, 0.15) is 66.2 Å². The molecular weight excluding hydrogens is 294 g/mol. The van der Waals surface area contributed by atoms with Crippen LogP contribution in [0.2, 0.25) is 0 Å². The van der Waals surface area contributed by atoms with Gasteiger partial charge in [-0.2, -0.15) is 0 Å². The Balaban J connectivity index is 2.44. The van der Waals surface area contributed by atoms with E-state index in [0.717, 1.165) is 45.2 Å². The Kier molecular flexibility index (Phi) is 7.82. The Morgan fingerprint density at radius 3 is 2.65 bits per heavy atom. The average molecular weight is 327 g/mol. The molecule has 0 aliphatic carbocycles. The van der Waals surface area contributed by atoms with Crippen LogP contribution < -0.4 is 11.1 Å². The molecule has 1 aliphatic heterocycles. The van der Waals surface area contributed by atoms with E-state index in [4.69, 9.17) is 10.5 Å². The summed E-state index contributed by atoms with van der Waals surface area (Å²) in [6.07, 6.45) is 5.06. The SMILES string of the molecule is CC(CC1CCCCN1C(=O)OC(C)(C)C)NCCCC(N)=O. The van der Waals surface area contributed by atoms with Gasteiger partial charge in [0.05, 0.1) is 0 Å². The van der Waals surface area contributed by atoms with E-state index in [9.17, 15) is 9.59 Å². The predicted molar refractivity (Wildman–Crippen MR) is 91.1 cm³/mol. The molecule has 0 bridgehead atoms. The second-order valence-corrected chi connectivity index (χ2v) is 7.48. The van der Waals surface area contributed by atoms with Crippen LogP contribution in [0.15, 0.2) is 0 Å². The van der Waals surface area contributed by atoms with Gasteiger partial charge >= 0.3 is 6.09 Å². The minimum atomic E-state index is -0.461. The van der Waals surface area contributed by atoms with E-state index in [-0.39, 0.29) is 24.1 Å². The van der Waals surface area contributed by atoms with E-state index in [1.165, 1.54) is 0 Å². The number of amides is 2. The molecule has 2 unspecified atom stereocenters. The molecule has 1 fully saturated rings. The molecule has 6 heteroatoms. The Bertz CT molecular complexity index is 393. The van der Waals surface area contributed by atoms with Crippen molar-refractivity contribution < 1.29 is 14.3 Å². The Labute approximate surface area is 140 Å². The summed E-state index contributed by atoms with van der Waals surface area (Å²) in [5.74, 6) is -0.261. The first-order valence-electron chi connectivity index (χ1n) is 8.70. The fourth-order valence-corrected chi connectivity index (χ4v) is 2.91. The third kappa shape index (κ3) is 8.21. The van der Waals surface area contributed by atoms with Gasteiger partial charge in [-0.25, -0.2) is 4.79 Å². The maximum Gasteiger partial charge on any atom is 0.410 e. The lowest BCUT2D eigenvalue weighted by molar-refractivity contribution is -0.118. The molecule has 1 rings (SSSR count). The van der Waals surface area contributed by atoms with Crippen LogP contribution in [0.5, 0.6) is 0 Å². The molecule has 0 saturated carbocycles. The normalized spacial score (nSPS) is 20.2. The molecule has 1 heterocycles. The van der Waals surface area contributed by atoms with E-state index in [2.05, 4.69) is 12.2 Å². The monoisotopic (exact) mass is 327 g/mol. The van der Waals surface area contributed by atoms with Crippen molar-refractivity contribution in [3.05, 3.63) is 0 Å². The summed E-state index contributed by atoms with van der Waals surface area (Å²) in [7, 11) is 0. The molecule has 0 radical (unpaired) electrons. The van der Waals surface area contributed by atoms with Gasteiger partial charge in [-0.1, -0.05) is 0 Å². The summed E-state index contributed by atoms with van der Waals surface area (Å²) in [6.45, 7) is 9.34. The van der Waals surface area contributed by atoms with Gasteiger partial charge in [0, 0.05) is 25.0 Å². The summed E-state index contributed by atoms with van der Waals surface area (Å²) in [5, 5.41) is 3.41. The summed E-state index contributed by atoms with van der Waals surface area (Å²) in [5.41, 5.74) is 4.68. The summed E-state index contributed by atoms with van der Waals surface area (Å²) in [4.78, 5) is 25.0. The standard InChI is InChI=1S/C17H33N3O3/c1-13(19-10-7-9-15(18)21)12-14-8-5-6-11-20(14)16(22)23-17(2,3)4/h13-14,19H,5-12H2,1-4H3,(H2,18,21). The van der Waals surface area contributed by atoms with E-state index in [1.54, 1.807) is 0 Å². The van der Waals surface area contributed by atoms with Gasteiger partial charge in [0.25, 0.3) is 0 Å². The average Bonchev–Trinajstić information content (AvgIpc) is 2.42. The van der Waals surface area contributed by atoms with E-state index in [0.29, 0.717) is 6.42 Å². The van der Waals surface area contributed by atoms with Crippen LogP contribution in [0.4, 0.5) is 4.79 Å². The van der Waals surface area contributed by atoms with Crippen molar-refractivity contribution in [1.29, 1.82) is 0 Å². The zero-order chi connectivity index (χ0) is 17.5. The van der Waals surface area contributed by atoms with Crippen molar-refractivity contribution in [1.82, 2.24) is 10.2 Å². The molecule has 1 aliphatic rings. The number of likely N-dealkylation sites (tertiary alicyclic amines) is 1. The van der Waals surface area contributed by atoms with Gasteiger partial charge in [0.2, 0.25) is 5.91 Å². The van der Waals surface area contributed by atoms with Gasteiger partial charge in [-0.3, -0.25) is 4.79 Å². The topological polar surface area (TPSA) is 84.7 Å². The fourth-order valence-electron chi connectivity index (χ4n) is 2.91. The van der Waals surface area contributed by atoms with Gasteiger partial charge in [0.15, 0.2) is 0 Å². The van der Waals surface area contributed by atoms with Crippen LogP contribution in [0, 0.1) is 0 Å². The largest absolute Gasteiger partial charge is 0.444 e. The smallest absolute Gasteiger partial charge is 0.410 e. The quantitative estimate of drug-likeness (QED) is 0.703. The van der Waals surface area contributed by atoms with Crippen LogP contribution >= 0.6 is 0 Å². The molecule has 0 aromatic heterocycles. The maximum absolute atomic E-state index is 12.4. The van der Waals surface area contributed by atoms with Gasteiger partial charge in [0.1, 0.15) is 5.60 Å². The minimum Gasteiger partial charge on any atom is -0.444 e. The third-order valence-electron chi connectivity index (χ3n) is 3.97. The molecule has 2 amide bonds. The number of nitrogens with one attached hydrogen (secondary N) is 1. The fraction of sp³-hybridized carbons (Fsp3) is 0.882. The lowest BCUT2D eigenvalue weighted by atomic mass is 9.96. The van der Waals surface area contributed by atoms with Crippen LogP contribution in [-0.2, 0) is 9.53 Å². The molecule has 0 aromatic carbocycles. The number of piperidine rings is 1. The zero-order valence-electron chi connectivity index (χ0n) is 15.1. The summed E-state index contributed by atoms with van der Waals surface area (Å²) < 4.78 is 5.53. The third-order valence-corrected chi connectivity index (χ3v) is 3.97. The number of hydrogen-bond donors (Lipinski definition) is 2. The second kappa shape index (κ2) is 9.11.